The van der Waals surface area contributed by atoms with Crippen LogP contribution in [0.4, 0.5) is 5.95 Å². The molecule has 0 aliphatic carbocycles. The van der Waals surface area contributed by atoms with Crippen molar-refractivity contribution in [1.82, 2.24) is 20.2 Å². The van der Waals surface area contributed by atoms with Crippen LogP contribution < -0.4 is 5.32 Å². The first-order chi connectivity index (χ1) is 7.13. The maximum Gasteiger partial charge on any atom is 0.270 e. The molecule has 0 aliphatic heterocycles. The first-order valence-electron chi connectivity index (χ1n) is 5.18. The molecule has 1 N–H and O–H groups in total. The number of rotatable bonds is 5. The number of amides is 1. The van der Waals surface area contributed by atoms with Crippen LogP contribution in [-0.2, 0) is 11.8 Å². The number of aryl methyl sites for hydroxylation is 1. The summed E-state index contributed by atoms with van der Waals surface area (Å²) in [5.41, 5.74) is 0. The van der Waals surface area contributed by atoms with Gasteiger partial charge in [0.2, 0.25) is 5.91 Å². The second kappa shape index (κ2) is 5.43. The van der Waals surface area contributed by atoms with E-state index in [-0.39, 0.29) is 17.8 Å². The molecule has 6 nitrogen and oxygen atoms in total. The zero-order valence-corrected chi connectivity index (χ0v) is 9.40. The Balaban J connectivity index is 2.41. The Morgan fingerprint density at radius 1 is 1.60 bits per heavy atom. The molecule has 1 aromatic rings. The maximum atomic E-state index is 11.6. The third kappa shape index (κ3) is 3.65. The van der Waals surface area contributed by atoms with E-state index in [4.69, 9.17) is 0 Å². The predicted molar refractivity (Wildman–Crippen MR) is 56.1 cm³/mol. The van der Waals surface area contributed by atoms with Crippen molar-refractivity contribution in [3.8, 4) is 0 Å². The summed E-state index contributed by atoms with van der Waals surface area (Å²) in [6.07, 6.45) is 3.05. The highest BCUT2D eigenvalue weighted by Gasteiger charge is 2.14. The van der Waals surface area contributed by atoms with Crippen molar-refractivity contribution < 1.29 is 4.79 Å². The van der Waals surface area contributed by atoms with Crippen LogP contribution in [0.5, 0.6) is 0 Å². The molecule has 15 heavy (non-hydrogen) atoms. The van der Waals surface area contributed by atoms with Crippen LogP contribution in [0.15, 0.2) is 0 Å². The van der Waals surface area contributed by atoms with E-state index < -0.39 is 0 Å². The Labute approximate surface area is 89.0 Å². The lowest BCUT2D eigenvalue weighted by atomic mass is 10.0. The Morgan fingerprint density at radius 2 is 2.33 bits per heavy atom. The van der Waals surface area contributed by atoms with Gasteiger partial charge in [-0.1, -0.05) is 31.8 Å². The molecule has 84 valence electrons. The summed E-state index contributed by atoms with van der Waals surface area (Å²) in [5, 5.41) is 13.8. The second-order valence-corrected chi connectivity index (χ2v) is 3.64. The summed E-state index contributed by atoms with van der Waals surface area (Å²) >= 11 is 0. The van der Waals surface area contributed by atoms with Gasteiger partial charge < -0.3 is 0 Å². The van der Waals surface area contributed by atoms with Gasteiger partial charge in [0.25, 0.3) is 5.95 Å². The Bertz CT molecular complexity index is 322. The molecule has 0 radical (unpaired) electrons. The smallest absolute Gasteiger partial charge is 0.270 e. The first kappa shape index (κ1) is 11.6. The number of hydrogen-bond donors (Lipinski definition) is 1. The van der Waals surface area contributed by atoms with Crippen molar-refractivity contribution >= 4 is 11.9 Å². The van der Waals surface area contributed by atoms with Gasteiger partial charge in [-0.2, -0.15) is 4.80 Å². The van der Waals surface area contributed by atoms with Gasteiger partial charge in [-0.25, -0.2) is 0 Å². The number of carbonyl (C=O) groups excluding carboxylic acids is 1. The topological polar surface area (TPSA) is 72.7 Å². The molecule has 0 aromatic carbocycles. The van der Waals surface area contributed by atoms with Crippen LogP contribution in [0.1, 0.15) is 33.1 Å². The molecule has 0 fully saturated rings. The molecule has 0 saturated heterocycles. The molecule has 0 aliphatic rings. The van der Waals surface area contributed by atoms with E-state index in [1.807, 2.05) is 6.92 Å². The average Bonchev–Trinajstić information content (AvgIpc) is 2.60. The van der Waals surface area contributed by atoms with E-state index >= 15 is 0 Å². The lowest BCUT2D eigenvalue weighted by molar-refractivity contribution is -0.119. The molecule has 1 heterocycles. The van der Waals surface area contributed by atoms with E-state index in [0.29, 0.717) is 0 Å². The molecule has 0 saturated carbocycles. The number of hydrogen-bond acceptors (Lipinski definition) is 4. The number of carbonyl (C=O) groups is 1. The highest BCUT2D eigenvalue weighted by atomic mass is 16.2. The van der Waals surface area contributed by atoms with Gasteiger partial charge in [-0.05, 0) is 11.6 Å². The summed E-state index contributed by atoms with van der Waals surface area (Å²) in [5.74, 6) is 0.219. The Kier molecular flexibility index (Phi) is 4.20. The molecule has 1 aromatic heterocycles. The molecule has 0 bridgehead atoms. The number of nitrogens with zero attached hydrogens (tertiary/aromatic N) is 4. The monoisotopic (exact) mass is 211 g/mol. The standard InChI is InChI=1S/C9H17N5O/c1-4-5-6-7(2)8(15)10-9-11-13-14(3)12-9/h7H,4-6H2,1-3H3,(H,10,12,15)/t7-/m1/s1. The fourth-order valence-electron chi connectivity index (χ4n) is 1.21. The minimum atomic E-state index is -0.0450. The van der Waals surface area contributed by atoms with Crippen LogP contribution in [0.25, 0.3) is 0 Å². The number of aromatic nitrogens is 4. The zero-order chi connectivity index (χ0) is 11.3. The number of tetrazole rings is 1. The molecule has 0 spiro atoms. The molecule has 1 rings (SSSR count). The van der Waals surface area contributed by atoms with E-state index in [2.05, 4.69) is 27.7 Å². The summed E-state index contributed by atoms with van der Waals surface area (Å²) in [4.78, 5) is 12.9. The highest BCUT2D eigenvalue weighted by Crippen LogP contribution is 2.09. The highest BCUT2D eigenvalue weighted by molar-refractivity contribution is 5.90. The third-order valence-corrected chi connectivity index (χ3v) is 2.18. The Hall–Kier alpha value is -1.46. The van der Waals surface area contributed by atoms with Crippen LogP contribution >= 0.6 is 0 Å². The van der Waals surface area contributed by atoms with Crippen LogP contribution in [0.3, 0.4) is 0 Å². The van der Waals surface area contributed by atoms with E-state index in [1.54, 1.807) is 7.05 Å². The van der Waals surface area contributed by atoms with Gasteiger partial charge >= 0.3 is 0 Å². The van der Waals surface area contributed by atoms with E-state index in [9.17, 15) is 4.79 Å². The van der Waals surface area contributed by atoms with Gasteiger partial charge in [0.05, 0.1) is 7.05 Å². The van der Waals surface area contributed by atoms with Gasteiger partial charge in [-0.3, -0.25) is 10.1 Å². The van der Waals surface area contributed by atoms with Crippen molar-refractivity contribution in [2.75, 3.05) is 5.32 Å². The fourth-order valence-corrected chi connectivity index (χ4v) is 1.21. The minimum Gasteiger partial charge on any atom is -0.292 e. The van der Waals surface area contributed by atoms with Crippen molar-refractivity contribution in [2.45, 2.75) is 33.1 Å². The van der Waals surface area contributed by atoms with Gasteiger partial charge in [-0.15, -0.1) is 5.10 Å². The third-order valence-electron chi connectivity index (χ3n) is 2.18. The SMILES string of the molecule is CCCC[C@@H](C)C(=O)Nc1nnn(C)n1. The molecule has 1 atom stereocenters. The second-order valence-electron chi connectivity index (χ2n) is 3.64. The summed E-state index contributed by atoms with van der Waals surface area (Å²) in [7, 11) is 1.66. The average molecular weight is 211 g/mol. The molecule has 6 heteroatoms. The number of anilines is 1. The molecule has 1 amide bonds. The van der Waals surface area contributed by atoms with Crippen molar-refractivity contribution in [3.05, 3.63) is 0 Å². The molecule has 0 unspecified atom stereocenters. The number of nitrogens with one attached hydrogen (secondary N) is 1. The van der Waals surface area contributed by atoms with Crippen LogP contribution in [-0.4, -0.2) is 26.1 Å². The van der Waals surface area contributed by atoms with Crippen molar-refractivity contribution in [3.63, 3.8) is 0 Å². The molecular formula is C9H17N5O. The van der Waals surface area contributed by atoms with Gasteiger partial charge in [0.15, 0.2) is 0 Å². The van der Waals surface area contributed by atoms with E-state index in [1.165, 1.54) is 4.80 Å². The largest absolute Gasteiger partial charge is 0.292 e. The van der Waals surface area contributed by atoms with Crippen LogP contribution in [0, 0.1) is 5.92 Å². The number of unbranched alkanes of at least 4 members (excludes halogenated alkanes) is 1. The van der Waals surface area contributed by atoms with Crippen LogP contribution in [0.2, 0.25) is 0 Å². The summed E-state index contributed by atoms with van der Waals surface area (Å²) in [6.45, 7) is 4.01. The minimum absolute atomic E-state index is 0.00578. The van der Waals surface area contributed by atoms with E-state index in [0.717, 1.165) is 19.3 Å². The lowest BCUT2D eigenvalue weighted by Crippen LogP contribution is -2.21. The van der Waals surface area contributed by atoms with Crippen molar-refractivity contribution in [2.24, 2.45) is 13.0 Å². The molecular weight excluding hydrogens is 194 g/mol. The van der Waals surface area contributed by atoms with Gasteiger partial charge in [0.1, 0.15) is 0 Å². The maximum absolute atomic E-state index is 11.6. The zero-order valence-electron chi connectivity index (χ0n) is 9.40. The summed E-state index contributed by atoms with van der Waals surface area (Å²) in [6, 6.07) is 0. The normalized spacial score (nSPS) is 12.5. The predicted octanol–water partition coefficient (Wildman–Crippen LogP) is 0.975. The fraction of sp³-hybridized carbons (Fsp3) is 0.778. The first-order valence-corrected chi connectivity index (χ1v) is 5.18. The van der Waals surface area contributed by atoms with Gasteiger partial charge in [0, 0.05) is 5.92 Å². The Morgan fingerprint density at radius 3 is 2.87 bits per heavy atom. The van der Waals surface area contributed by atoms with Crippen molar-refractivity contribution in [1.29, 1.82) is 0 Å². The quantitative estimate of drug-likeness (QED) is 0.787. The lowest BCUT2D eigenvalue weighted by Gasteiger charge is -2.08. The summed E-state index contributed by atoms with van der Waals surface area (Å²) < 4.78 is 0.